The molecule has 0 heteroatoms. The lowest BCUT2D eigenvalue weighted by molar-refractivity contribution is 0.447. The summed E-state index contributed by atoms with van der Waals surface area (Å²) in [5, 5.41) is 5.23. The van der Waals surface area contributed by atoms with Gasteiger partial charge >= 0.3 is 0 Å². The molecule has 48 heavy (non-hydrogen) atoms. The summed E-state index contributed by atoms with van der Waals surface area (Å²) in [6.45, 7) is 9.65. The van der Waals surface area contributed by atoms with Crippen molar-refractivity contribution in [2.24, 2.45) is 0 Å². The van der Waals surface area contributed by atoms with E-state index >= 15 is 0 Å². The first-order valence-corrected chi connectivity index (χ1v) is 18.0. The zero-order valence-electron chi connectivity index (χ0n) is 28.5. The fourth-order valence-electron chi connectivity index (χ4n) is 10.1. The lowest BCUT2D eigenvalue weighted by atomic mass is 9.65. The van der Waals surface area contributed by atoms with Crippen molar-refractivity contribution in [2.75, 3.05) is 0 Å². The van der Waals surface area contributed by atoms with Crippen LogP contribution in [-0.4, -0.2) is 0 Å². The van der Waals surface area contributed by atoms with Gasteiger partial charge in [-0.15, -0.1) is 0 Å². The zero-order chi connectivity index (χ0) is 32.6. The molecule has 0 atom stereocenters. The maximum Gasteiger partial charge on any atom is 0.0213 e. The highest BCUT2D eigenvalue weighted by atomic mass is 14.5. The summed E-state index contributed by atoms with van der Waals surface area (Å²) in [6, 6.07) is 50.6. The Morgan fingerprint density at radius 2 is 0.792 bits per heavy atom. The van der Waals surface area contributed by atoms with Gasteiger partial charge in [0.05, 0.1) is 0 Å². The van der Waals surface area contributed by atoms with Gasteiger partial charge in [-0.3, -0.25) is 0 Å². The molecule has 0 N–H and O–H groups in total. The smallest absolute Gasteiger partial charge is 0.0213 e. The normalized spacial score (nSPS) is 14.9. The Morgan fingerprint density at radius 3 is 1.33 bits per heavy atom. The largest absolute Gasteiger partial charge is 0.0642 e. The first-order valence-electron chi connectivity index (χ1n) is 18.0. The molecule has 2 aliphatic carbocycles. The van der Waals surface area contributed by atoms with E-state index in [2.05, 4.69) is 161 Å². The Bertz CT molecular complexity index is 2320. The van der Waals surface area contributed by atoms with Crippen molar-refractivity contribution in [3.8, 4) is 44.5 Å². The standard InChI is InChI=1S/C48H42/c1-5-47(6-2)41-25-17-16-20-33(41)38-27-28-39-40-30-32(26-29-42(40)48(7-3,8-4)46(39)45(38)47)44-36-23-14-12-21-34(36)43(31-18-10-9-11-19-31)35-22-13-15-24-37(35)44/h9-30H,5-8H2,1-4H3. The summed E-state index contributed by atoms with van der Waals surface area (Å²) in [5.74, 6) is 0. The minimum atomic E-state index is -0.00647. The second-order valence-electron chi connectivity index (χ2n) is 14.0. The molecule has 7 aromatic carbocycles. The molecular weight excluding hydrogens is 577 g/mol. The Hall–Kier alpha value is -4.94. The summed E-state index contributed by atoms with van der Waals surface area (Å²) in [6.07, 6.45) is 4.41. The SMILES string of the molecule is CCC1(CC)c2ccccc2-c2ccc3c(c21)C(CC)(CC)c1ccc(-c2c4ccccc4c(-c4ccccc4)c4ccccc24)cc1-3. The molecule has 0 radical (unpaired) electrons. The maximum atomic E-state index is 2.55. The average Bonchev–Trinajstić information content (AvgIpc) is 3.61. The van der Waals surface area contributed by atoms with E-state index in [1.165, 1.54) is 77.2 Å². The molecule has 0 aromatic heterocycles. The fraction of sp³-hybridized carbons (Fsp3) is 0.208. The van der Waals surface area contributed by atoms with E-state index in [9.17, 15) is 0 Å². The third kappa shape index (κ3) is 3.67. The van der Waals surface area contributed by atoms with Crippen LogP contribution in [-0.2, 0) is 10.8 Å². The van der Waals surface area contributed by atoms with Gasteiger partial charge in [0, 0.05) is 10.8 Å². The molecule has 0 amide bonds. The summed E-state index contributed by atoms with van der Waals surface area (Å²) in [7, 11) is 0. The number of hydrogen-bond acceptors (Lipinski definition) is 0. The molecule has 0 saturated heterocycles. The van der Waals surface area contributed by atoms with Crippen LogP contribution in [0.1, 0.15) is 75.6 Å². The molecule has 0 unspecified atom stereocenters. The van der Waals surface area contributed by atoms with E-state index in [1.807, 2.05) is 0 Å². The van der Waals surface area contributed by atoms with Gasteiger partial charge in [0.2, 0.25) is 0 Å². The van der Waals surface area contributed by atoms with Gasteiger partial charge in [-0.05, 0) is 120 Å². The molecule has 0 aliphatic heterocycles. The molecule has 0 fully saturated rings. The molecule has 234 valence electrons. The van der Waals surface area contributed by atoms with Crippen molar-refractivity contribution in [3.63, 3.8) is 0 Å². The van der Waals surface area contributed by atoms with Gasteiger partial charge in [-0.1, -0.05) is 155 Å². The number of benzene rings is 7. The summed E-state index contributed by atoms with van der Waals surface area (Å²) in [5.41, 5.74) is 17.3. The molecule has 0 spiro atoms. The highest BCUT2D eigenvalue weighted by molar-refractivity contribution is 6.21. The number of hydrogen-bond donors (Lipinski definition) is 0. The van der Waals surface area contributed by atoms with Crippen molar-refractivity contribution in [3.05, 3.63) is 156 Å². The third-order valence-electron chi connectivity index (χ3n) is 12.4. The van der Waals surface area contributed by atoms with Crippen LogP contribution in [0.5, 0.6) is 0 Å². The van der Waals surface area contributed by atoms with E-state index in [1.54, 1.807) is 11.1 Å². The zero-order valence-corrected chi connectivity index (χ0v) is 28.5. The first kappa shape index (κ1) is 29.2. The molecular formula is C48H42. The molecule has 9 rings (SSSR count). The van der Waals surface area contributed by atoms with Crippen molar-refractivity contribution in [1.29, 1.82) is 0 Å². The van der Waals surface area contributed by atoms with E-state index in [0.29, 0.717) is 0 Å². The number of fused-ring (bicyclic) bond motifs is 9. The van der Waals surface area contributed by atoms with Crippen LogP contribution < -0.4 is 0 Å². The van der Waals surface area contributed by atoms with E-state index in [0.717, 1.165) is 25.7 Å². The summed E-state index contributed by atoms with van der Waals surface area (Å²) < 4.78 is 0. The second-order valence-corrected chi connectivity index (χ2v) is 14.0. The number of rotatable bonds is 6. The van der Waals surface area contributed by atoms with E-state index in [4.69, 9.17) is 0 Å². The second kappa shape index (κ2) is 10.8. The Labute approximate surface area is 285 Å². The Morgan fingerprint density at radius 1 is 0.354 bits per heavy atom. The van der Waals surface area contributed by atoms with Crippen molar-refractivity contribution < 1.29 is 0 Å². The van der Waals surface area contributed by atoms with Gasteiger partial charge < -0.3 is 0 Å². The highest BCUT2D eigenvalue weighted by Crippen LogP contribution is 2.63. The topological polar surface area (TPSA) is 0 Å². The molecule has 0 heterocycles. The van der Waals surface area contributed by atoms with E-state index < -0.39 is 0 Å². The third-order valence-corrected chi connectivity index (χ3v) is 12.4. The first-order chi connectivity index (χ1) is 23.6. The van der Waals surface area contributed by atoms with Crippen molar-refractivity contribution >= 4 is 21.5 Å². The monoisotopic (exact) mass is 618 g/mol. The highest BCUT2D eigenvalue weighted by Gasteiger charge is 2.50. The molecule has 2 aliphatic rings. The Balaban J connectivity index is 1.35. The van der Waals surface area contributed by atoms with Gasteiger partial charge in [0.15, 0.2) is 0 Å². The molecule has 0 nitrogen and oxygen atoms in total. The van der Waals surface area contributed by atoms with Crippen LogP contribution in [0.3, 0.4) is 0 Å². The molecule has 0 bridgehead atoms. The van der Waals surface area contributed by atoms with Crippen molar-refractivity contribution in [2.45, 2.75) is 64.2 Å². The van der Waals surface area contributed by atoms with Crippen LogP contribution in [0.2, 0.25) is 0 Å². The average molecular weight is 619 g/mol. The van der Waals surface area contributed by atoms with Crippen LogP contribution in [0, 0.1) is 0 Å². The predicted octanol–water partition coefficient (Wildman–Crippen LogP) is 13.5. The fourth-order valence-corrected chi connectivity index (χ4v) is 10.1. The van der Waals surface area contributed by atoms with Gasteiger partial charge in [-0.25, -0.2) is 0 Å². The summed E-state index contributed by atoms with van der Waals surface area (Å²) >= 11 is 0. The van der Waals surface area contributed by atoms with Crippen LogP contribution in [0.25, 0.3) is 66.1 Å². The lowest BCUT2D eigenvalue weighted by Crippen LogP contribution is -2.31. The van der Waals surface area contributed by atoms with Gasteiger partial charge in [0.25, 0.3) is 0 Å². The lowest BCUT2D eigenvalue weighted by Gasteiger charge is -2.37. The predicted molar refractivity (Wildman–Crippen MR) is 206 cm³/mol. The van der Waals surface area contributed by atoms with E-state index in [-0.39, 0.29) is 10.8 Å². The van der Waals surface area contributed by atoms with Crippen LogP contribution >= 0.6 is 0 Å². The molecule has 0 saturated carbocycles. The maximum absolute atomic E-state index is 2.55. The minimum absolute atomic E-state index is 0.00647. The van der Waals surface area contributed by atoms with Gasteiger partial charge in [-0.2, -0.15) is 0 Å². The molecule has 7 aromatic rings. The summed E-state index contributed by atoms with van der Waals surface area (Å²) in [4.78, 5) is 0. The van der Waals surface area contributed by atoms with Gasteiger partial charge in [0.1, 0.15) is 0 Å². The van der Waals surface area contributed by atoms with Crippen molar-refractivity contribution in [1.82, 2.24) is 0 Å². The quantitative estimate of drug-likeness (QED) is 0.163. The van der Waals surface area contributed by atoms with Crippen LogP contribution in [0.15, 0.2) is 133 Å². The Kier molecular flexibility index (Phi) is 6.57. The van der Waals surface area contributed by atoms with Crippen LogP contribution in [0.4, 0.5) is 0 Å². The minimum Gasteiger partial charge on any atom is -0.0642 e.